The van der Waals surface area contributed by atoms with Crippen molar-refractivity contribution in [1.29, 1.82) is 0 Å². The molecule has 0 aliphatic rings. The lowest BCUT2D eigenvalue weighted by atomic mass is 10.1. The molecule has 0 aliphatic heterocycles. The highest BCUT2D eigenvalue weighted by atomic mass is 32.2. The molecule has 2 rings (SSSR count). The number of nitrogens with zero attached hydrogens (tertiary/aromatic N) is 1. The minimum absolute atomic E-state index is 0.0704. The summed E-state index contributed by atoms with van der Waals surface area (Å²) in [6, 6.07) is 10.5. The molecule has 0 heterocycles. The van der Waals surface area contributed by atoms with Crippen LogP contribution in [-0.2, 0) is 14.8 Å². The largest absolute Gasteiger partial charge is 0.495 e. The van der Waals surface area contributed by atoms with E-state index in [1.807, 2.05) is 0 Å². The Bertz CT molecular complexity index is 999. The van der Waals surface area contributed by atoms with Crippen LogP contribution in [0.15, 0.2) is 47.4 Å². The number of methoxy groups -OCH3 is 1. The Morgan fingerprint density at radius 3 is 2.10 bits per heavy atom. The first-order chi connectivity index (χ1) is 14.3. The zero-order valence-electron chi connectivity index (χ0n) is 17.5. The molecule has 0 saturated carbocycles. The van der Waals surface area contributed by atoms with Gasteiger partial charge in [0.15, 0.2) is 0 Å². The average molecular weight is 435 g/mol. The zero-order valence-corrected chi connectivity index (χ0v) is 18.3. The normalized spacial score (nSPS) is 11.2. The van der Waals surface area contributed by atoms with Crippen molar-refractivity contribution in [3.8, 4) is 5.75 Å². The van der Waals surface area contributed by atoms with Crippen molar-refractivity contribution >= 4 is 27.6 Å². The van der Waals surface area contributed by atoms with E-state index in [0.29, 0.717) is 24.3 Å². The van der Waals surface area contributed by atoms with E-state index in [4.69, 9.17) is 9.47 Å². The Morgan fingerprint density at radius 2 is 1.57 bits per heavy atom. The fourth-order valence-electron chi connectivity index (χ4n) is 2.83. The highest BCUT2D eigenvalue weighted by Crippen LogP contribution is 2.28. The van der Waals surface area contributed by atoms with Gasteiger partial charge < -0.3 is 14.8 Å². The van der Waals surface area contributed by atoms with E-state index >= 15 is 0 Å². The van der Waals surface area contributed by atoms with Crippen LogP contribution in [0.3, 0.4) is 0 Å². The molecule has 0 unspecified atom stereocenters. The van der Waals surface area contributed by atoms with Gasteiger partial charge in [-0.05, 0) is 49.4 Å². The van der Waals surface area contributed by atoms with Crippen molar-refractivity contribution in [2.24, 2.45) is 0 Å². The third-order valence-electron chi connectivity index (χ3n) is 4.40. The first-order valence-electron chi connectivity index (χ1n) is 9.55. The van der Waals surface area contributed by atoms with Crippen molar-refractivity contribution in [3.63, 3.8) is 0 Å². The summed E-state index contributed by atoms with van der Waals surface area (Å²) >= 11 is 0. The van der Waals surface area contributed by atoms with E-state index in [1.54, 1.807) is 32.9 Å². The van der Waals surface area contributed by atoms with Crippen molar-refractivity contribution < 1.29 is 27.5 Å². The third-order valence-corrected chi connectivity index (χ3v) is 6.47. The van der Waals surface area contributed by atoms with Crippen LogP contribution < -0.4 is 10.1 Å². The number of carbonyl (C=O) groups is 2. The third kappa shape index (κ3) is 5.17. The summed E-state index contributed by atoms with van der Waals surface area (Å²) in [5, 5.41) is 2.69. The molecule has 0 atom stereocenters. The van der Waals surface area contributed by atoms with Crippen LogP contribution in [0.1, 0.15) is 41.5 Å². The number of hydrogen-bond donors (Lipinski definition) is 1. The number of ether oxygens (including phenoxy) is 2. The molecule has 8 nitrogen and oxygen atoms in total. The van der Waals surface area contributed by atoms with Crippen molar-refractivity contribution in [2.45, 2.75) is 25.7 Å². The van der Waals surface area contributed by atoms with Crippen LogP contribution in [0.25, 0.3) is 0 Å². The quantitative estimate of drug-likeness (QED) is 0.608. The first-order valence-corrected chi connectivity index (χ1v) is 11.0. The molecule has 2 aromatic rings. The highest BCUT2D eigenvalue weighted by molar-refractivity contribution is 7.89. The Morgan fingerprint density at radius 1 is 0.967 bits per heavy atom. The number of anilines is 1. The number of amides is 1. The van der Waals surface area contributed by atoms with Crippen LogP contribution in [0.4, 0.5) is 5.69 Å². The van der Waals surface area contributed by atoms with Gasteiger partial charge in [-0.1, -0.05) is 13.8 Å². The summed E-state index contributed by atoms with van der Waals surface area (Å²) in [6.45, 7) is 6.06. The fraction of sp³-hybridized carbons (Fsp3) is 0.333. The Balaban J connectivity index is 2.29. The Labute approximate surface area is 176 Å². The molecule has 0 aromatic heterocycles. The molecule has 30 heavy (non-hydrogen) atoms. The molecule has 162 valence electrons. The molecule has 0 bridgehead atoms. The summed E-state index contributed by atoms with van der Waals surface area (Å²) in [5.41, 5.74) is 0.986. The molecule has 0 fully saturated rings. The van der Waals surface area contributed by atoms with Crippen LogP contribution in [0.2, 0.25) is 0 Å². The average Bonchev–Trinajstić information content (AvgIpc) is 2.74. The van der Waals surface area contributed by atoms with Gasteiger partial charge in [0.05, 0.1) is 19.3 Å². The molecule has 0 aliphatic carbocycles. The van der Waals surface area contributed by atoms with Gasteiger partial charge in [-0.3, -0.25) is 4.79 Å². The maximum atomic E-state index is 12.9. The van der Waals surface area contributed by atoms with Gasteiger partial charge in [-0.25, -0.2) is 13.2 Å². The summed E-state index contributed by atoms with van der Waals surface area (Å²) in [4.78, 5) is 24.3. The van der Waals surface area contributed by atoms with E-state index in [0.717, 1.165) is 0 Å². The number of hydrogen-bond acceptors (Lipinski definition) is 6. The maximum Gasteiger partial charge on any atom is 0.338 e. The monoisotopic (exact) mass is 434 g/mol. The fourth-order valence-corrected chi connectivity index (χ4v) is 4.47. The van der Waals surface area contributed by atoms with Gasteiger partial charge in [-0.15, -0.1) is 0 Å². The summed E-state index contributed by atoms with van der Waals surface area (Å²) in [6.07, 6.45) is 0. The van der Waals surface area contributed by atoms with E-state index in [1.165, 1.54) is 41.7 Å². The van der Waals surface area contributed by atoms with Crippen molar-refractivity contribution in [2.75, 3.05) is 32.1 Å². The Hall–Kier alpha value is -2.91. The van der Waals surface area contributed by atoms with Crippen molar-refractivity contribution in [1.82, 2.24) is 4.31 Å². The van der Waals surface area contributed by atoms with E-state index in [-0.39, 0.29) is 22.8 Å². The van der Waals surface area contributed by atoms with E-state index < -0.39 is 21.9 Å². The minimum atomic E-state index is -3.82. The van der Waals surface area contributed by atoms with Crippen LogP contribution in [-0.4, -0.2) is 51.4 Å². The SMILES string of the molecule is CCOC(=O)c1ccc(NC(=O)c2ccc(OC)c(S(=O)(=O)N(CC)CC)c2)cc1. The molecular weight excluding hydrogens is 408 g/mol. The zero-order chi connectivity index (χ0) is 22.3. The van der Waals surface area contributed by atoms with Crippen molar-refractivity contribution in [3.05, 3.63) is 53.6 Å². The van der Waals surface area contributed by atoms with Crippen LogP contribution >= 0.6 is 0 Å². The van der Waals surface area contributed by atoms with Gasteiger partial charge in [0.2, 0.25) is 10.0 Å². The smallest absolute Gasteiger partial charge is 0.338 e. The predicted molar refractivity (Wildman–Crippen MR) is 113 cm³/mol. The first kappa shape index (κ1) is 23.4. The van der Waals surface area contributed by atoms with Gasteiger partial charge in [0.1, 0.15) is 10.6 Å². The minimum Gasteiger partial charge on any atom is -0.495 e. The Kier molecular flexibility index (Phi) is 7.96. The molecular formula is C21H26N2O6S. The van der Waals surface area contributed by atoms with Crippen LogP contribution in [0, 0.1) is 0 Å². The van der Waals surface area contributed by atoms with E-state index in [2.05, 4.69) is 5.32 Å². The lowest BCUT2D eigenvalue weighted by Gasteiger charge is -2.20. The second-order valence-corrected chi connectivity index (χ2v) is 8.11. The number of nitrogens with one attached hydrogen (secondary N) is 1. The maximum absolute atomic E-state index is 12.9. The predicted octanol–water partition coefficient (Wildman–Crippen LogP) is 3.15. The van der Waals surface area contributed by atoms with Crippen LogP contribution in [0.5, 0.6) is 5.75 Å². The number of sulfonamides is 1. The van der Waals surface area contributed by atoms with Gasteiger partial charge >= 0.3 is 5.97 Å². The number of benzene rings is 2. The van der Waals surface area contributed by atoms with Gasteiger partial charge in [-0.2, -0.15) is 4.31 Å². The van der Waals surface area contributed by atoms with Gasteiger partial charge in [0, 0.05) is 24.3 Å². The molecule has 9 heteroatoms. The highest BCUT2D eigenvalue weighted by Gasteiger charge is 2.26. The number of rotatable bonds is 9. The second kappa shape index (κ2) is 10.2. The second-order valence-electron chi connectivity index (χ2n) is 6.21. The summed E-state index contributed by atoms with van der Waals surface area (Å²) < 4.78 is 37.3. The van der Waals surface area contributed by atoms with Gasteiger partial charge in [0.25, 0.3) is 5.91 Å². The molecule has 0 saturated heterocycles. The lowest BCUT2D eigenvalue weighted by molar-refractivity contribution is 0.0526. The molecule has 1 N–H and O–H groups in total. The number of esters is 1. The molecule has 1 amide bonds. The molecule has 2 aromatic carbocycles. The molecule has 0 spiro atoms. The summed E-state index contributed by atoms with van der Waals surface area (Å²) in [7, 11) is -2.44. The van der Waals surface area contributed by atoms with E-state index in [9.17, 15) is 18.0 Å². The lowest BCUT2D eigenvalue weighted by Crippen LogP contribution is -2.31. The summed E-state index contributed by atoms with van der Waals surface area (Å²) in [5.74, 6) is -0.772. The number of carbonyl (C=O) groups excluding carboxylic acids is 2. The topological polar surface area (TPSA) is 102 Å². The standard InChI is InChI=1S/C21H26N2O6S/c1-5-23(6-2)30(26,27)19-14-16(10-13-18(19)28-4)20(24)22-17-11-8-15(9-12-17)21(25)29-7-3/h8-14H,5-7H2,1-4H3,(H,22,24). The molecule has 0 radical (unpaired) electrons.